The average molecular weight is 358 g/mol. The fraction of sp³-hybridized carbons (Fsp3) is 0.278. The molecule has 0 saturated heterocycles. The molecule has 0 saturated carbocycles. The van der Waals surface area contributed by atoms with Crippen molar-refractivity contribution in [2.24, 2.45) is 0 Å². The number of benzene rings is 1. The van der Waals surface area contributed by atoms with E-state index in [2.05, 4.69) is 4.98 Å². The number of aromatic nitrogens is 2. The van der Waals surface area contributed by atoms with E-state index in [1.54, 1.807) is 13.2 Å². The number of carbonyl (C=O) groups excluding carboxylic acids is 1. The summed E-state index contributed by atoms with van der Waals surface area (Å²) in [6.07, 6.45) is 1.39. The van der Waals surface area contributed by atoms with Gasteiger partial charge in [-0.2, -0.15) is 0 Å². The molecule has 2 heterocycles. The zero-order valence-electron chi connectivity index (χ0n) is 14.2. The van der Waals surface area contributed by atoms with Gasteiger partial charge >= 0.3 is 5.97 Å². The maximum absolute atomic E-state index is 12.6. The number of esters is 1. The summed E-state index contributed by atoms with van der Waals surface area (Å²) < 4.78 is 11.8. The van der Waals surface area contributed by atoms with Crippen LogP contribution in [0.2, 0.25) is 0 Å². The Morgan fingerprint density at radius 3 is 2.80 bits per heavy atom. The minimum Gasteiger partial charge on any atom is -0.496 e. The van der Waals surface area contributed by atoms with Crippen LogP contribution in [-0.2, 0) is 22.7 Å². The first-order valence-electron chi connectivity index (χ1n) is 7.74. The van der Waals surface area contributed by atoms with Crippen molar-refractivity contribution in [2.75, 3.05) is 7.11 Å². The fourth-order valence-electron chi connectivity index (χ4n) is 2.55. The van der Waals surface area contributed by atoms with Crippen LogP contribution in [0, 0.1) is 13.8 Å². The van der Waals surface area contributed by atoms with Crippen LogP contribution in [0.3, 0.4) is 0 Å². The Kier molecular flexibility index (Phi) is 4.85. The average Bonchev–Trinajstić information content (AvgIpc) is 2.91. The molecular formula is C18H18N2O4S. The van der Waals surface area contributed by atoms with Gasteiger partial charge in [-0.25, -0.2) is 4.98 Å². The molecule has 0 bridgehead atoms. The highest BCUT2D eigenvalue weighted by Crippen LogP contribution is 2.25. The number of para-hydroxylation sites is 1. The highest BCUT2D eigenvalue weighted by molar-refractivity contribution is 7.18. The van der Waals surface area contributed by atoms with E-state index in [1.807, 2.05) is 32.0 Å². The molecule has 0 fully saturated rings. The molecule has 0 spiro atoms. The smallest absolute Gasteiger partial charge is 0.326 e. The highest BCUT2D eigenvalue weighted by atomic mass is 32.1. The standard InChI is InChI=1S/C18H18N2O4S/c1-11-12(2)25-17-16(11)18(22)20(10-19-17)8-15(21)24-9-13-6-4-5-7-14(13)23-3/h4-7,10H,8-9H2,1-3H3. The summed E-state index contributed by atoms with van der Waals surface area (Å²) in [5.41, 5.74) is 1.46. The third-order valence-electron chi connectivity index (χ3n) is 4.04. The van der Waals surface area contributed by atoms with E-state index in [9.17, 15) is 9.59 Å². The van der Waals surface area contributed by atoms with Crippen molar-refractivity contribution in [3.8, 4) is 5.75 Å². The van der Waals surface area contributed by atoms with Crippen molar-refractivity contribution >= 4 is 27.5 Å². The van der Waals surface area contributed by atoms with Crippen LogP contribution in [0.4, 0.5) is 0 Å². The topological polar surface area (TPSA) is 70.4 Å². The number of fused-ring (bicyclic) bond motifs is 1. The summed E-state index contributed by atoms with van der Waals surface area (Å²) in [5.74, 6) is 0.152. The van der Waals surface area contributed by atoms with Gasteiger partial charge in [0.1, 0.15) is 23.7 Å². The van der Waals surface area contributed by atoms with Gasteiger partial charge in [0.05, 0.1) is 18.8 Å². The van der Waals surface area contributed by atoms with Crippen molar-refractivity contribution in [1.82, 2.24) is 9.55 Å². The Morgan fingerprint density at radius 2 is 2.04 bits per heavy atom. The first-order chi connectivity index (χ1) is 12.0. The van der Waals surface area contributed by atoms with Gasteiger partial charge in [0.25, 0.3) is 5.56 Å². The third kappa shape index (κ3) is 3.41. The second-order valence-corrected chi connectivity index (χ2v) is 6.82. The Bertz CT molecular complexity index is 990. The normalized spacial score (nSPS) is 10.8. The lowest BCUT2D eigenvalue weighted by atomic mass is 10.2. The first-order valence-corrected chi connectivity index (χ1v) is 8.55. The summed E-state index contributed by atoms with van der Waals surface area (Å²) in [6, 6.07) is 7.31. The Morgan fingerprint density at radius 1 is 1.28 bits per heavy atom. The van der Waals surface area contributed by atoms with E-state index in [0.717, 1.165) is 16.0 Å². The van der Waals surface area contributed by atoms with Crippen LogP contribution in [-0.4, -0.2) is 22.6 Å². The predicted molar refractivity (Wildman–Crippen MR) is 96.1 cm³/mol. The van der Waals surface area contributed by atoms with Crippen LogP contribution in [0.1, 0.15) is 16.0 Å². The zero-order chi connectivity index (χ0) is 18.0. The summed E-state index contributed by atoms with van der Waals surface area (Å²) in [6.45, 7) is 3.75. The van der Waals surface area contributed by atoms with Gasteiger partial charge in [0.15, 0.2) is 0 Å². The van der Waals surface area contributed by atoms with E-state index in [4.69, 9.17) is 9.47 Å². The van der Waals surface area contributed by atoms with Gasteiger partial charge in [0, 0.05) is 10.4 Å². The van der Waals surface area contributed by atoms with Crippen molar-refractivity contribution in [3.05, 3.63) is 57.0 Å². The molecular weight excluding hydrogens is 340 g/mol. The van der Waals surface area contributed by atoms with E-state index in [-0.39, 0.29) is 18.7 Å². The first kappa shape index (κ1) is 17.2. The van der Waals surface area contributed by atoms with E-state index >= 15 is 0 Å². The Labute approximate surface area is 148 Å². The van der Waals surface area contributed by atoms with Crippen LogP contribution in [0.15, 0.2) is 35.4 Å². The number of rotatable bonds is 5. The molecule has 25 heavy (non-hydrogen) atoms. The molecule has 0 atom stereocenters. The molecule has 1 aromatic carbocycles. The van der Waals surface area contributed by atoms with E-state index in [1.165, 1.54) is 22.2 Å². The molecule has 2 aromatic heterocycles. The zero-order valence-corrected chi connectivity index (χ0v) is 15.1. The molecule has 0 aliphatic carbocycles. The maximum atomic E-state index is 12.6. The third-order valence-corrected chi connectivity index (χ3v) is 5.15. The van der Waals surface area contributed by atoms with Crippen molar-refractivity contribution in [1.29, 1.82) is 0 Å². The molecule has 0 unspecified atom stereocenters. The molecule has 3 rings (SSSR count). The van der Waals surface area contributed by atoms with Gasteiger partial charge in [-0.05, 0) is 25.5 Å². The lowest BCUT2D eigenvalue weighted by Crippen LogP contribution is -2.25. The van der Waals surface area contributed by atoms with Crippen LogP contribution < -0.4 is 10.3 Å². The molecule has 7 heteroatoms. The number of hydrogen-bond acceptors (Lipinski definition) is 6. The van der Waals surface area contributed by atoms with Crippen molar-refractivity contribution in [3.63, 3.8) is 0 Å². The number of thiophene rings is 1. The summed E-state index contributed by atoms with van der Waals surface area (Å²) in [5, 5.41) is 0.572. The van der Waals surface area contributed by atoms with Crippen LogP contribution in [0.5, 0.6) is 5.75 Å². The number of nitrogens with zero attached hydrogens (tertiary/aromatic N) is 2. The van der Waals surface area contributed by atoms with E-state index < -0.39 is 5.97 Å². The lowest BCUT2D eigenvalue weighted by molar-refractivity contribution is -0.145. The highest BCUT2D eigenvalue weighted by Gasteiger charge is 2.14. The molecule has 0 N–H and O–H groups in total. The molecule has 0 aliphatic rings. The van der Waals surface area contributed by atoms with E-state index in [0.29, 0.717) is 16.0 Å². The van der Waals surface area contributed by atoms with Gasteiger partial charge in [-0.1, -0.05) is 18.2 Å². The maximum Gasteiger partial charge on any atom is 0.326 e. The number of methoxy groups -OCH3 is 1. The van der Waals surface area contributed by atoms with Crippen molar-refractivity contribution < 1.29 is 14.3 Å². The number of hydrogen-bond donors (Lipinski definition) is 0. The second kappa shape index (κ2) is 7.06. The summed E-state index contributed by atoms with van der Waals surface area (Å²) in [4.78, 5) is 30.7. The van der Waals surface area contributed by atoms with Crippen LogP contribution >= 0.6 is 11.3 Å². The molecule has 6 nitrogen and oxygen atoms in total. The Hall–Kier alpha value is -2.67. The van der Waals surface area contributed by atoms with Gasteiger partial charge in [-0.3, -0.25) is 14.2 Å². The number of ether oxygens (including phenoxy) is 2. The minimum absolute atomic E-state index is 0.0872. The number of aryl methyl sites for hydroxylation is 2. The predicted octanol–water partition coefficient (Wildman–Crippen LogP) is 2.83. The van der Waals surface area contributed by atoms with Gasteiger partial charge in [-0.15, -0.1) is 11.3 Å². The SMILES string of the molecule is COc1ccccc1COC(=O)Cn1cnc2sc(C)c(C)c2c1=O. The minimum atomic E-state index is -0.501. The number of carbonyl (C=O) groups is 1. The molecule has 3 aromatic rings. The summed E-state index contributed by atoms with van der Waals surface area (Å²) in [7, 11) is 1.56. The van der Waals surface area contributed by atoms with Crippen LogP contribution in [0.25, 0.3) is 10.2 Å². The second-order valence-electron chi connectivity index (χ2n) is 5.61. The molecule has 0 aliphatic heterocycles. The Balaban J connectivity index is 1.75. The molecule has 0 radical (unpaired) electrons. The molecule has 130 valence electrons. The summed E-state index contributed by atoms with van der Waals surface area (Å²) >= 11 is 1.48. The monoisotopic (exact) mass is 358 g/mol. The van der Waals surface area contributed by atoms with Crippen molar-refractivity contribution in [2.45, 2.75) is 27.0 Å². The quantitative estimate of drug-likeness (QED) is 0.656. The molecule has 0 amide bonds. The largest absolute Gasteiger partial charge is 0.496 e. The fourth-order valence-corrected chi connectivity index (χ4v) is 3.54. The lowest BCUT2D eigenvalue weighted by Gasteiger charge is -2.10. The van der Waals surface area contributed by atoms with Gasteiger partial charge in [0.2, 0.25) is 0 Å². The van der Waals surface area contributed by atoms with Gasteiger partial charge < -0.3 is 9.47 Å².